The fraction of sp³-hybridized carbons (Fsp3) is 0.250. The lowest BCUT2D eigenvalue weighted by Gasteiger charge is -2.19. The van der Waals surface area contributed by atoms with Crippen LogP contribution in [0, 0.1) is 6.92 Å². The van der Waals surface area contributed by atoms with Crippen LogP contribution in [0.25, 0.3) is 28.0 Å². The molecule has 2 heterocycles. The number of aromatic nitrogens is 3. The number of fused-ring (bicyclic) bond motifs is 1. The fourth-order valence-corrected chi connectivity index (χ4v) is 3.88. The number of rotatable bonds is 7. The number of nitrogens with zero attached hydrogens (tertiary/aromatic N) is 3. The molecule has 8 heteroatoms. The van der Waals surface area contributed by atoms with Crippen LogP contribution in [0.5, 0.6) is 28.7 Å². The van der Waals surface area contributed by atoms with Gasteiger partial charge in [0.05, 0.1) is 47.4 Å². The molecule has 2 aromatic carbocycles. The van der Waals surface area contributed by atoms with Gasteiger partial charge in [-0.3, -0.25) is 0 Å². The number of hydrogen-bond donors (Lipinski definition) is 0. The first-order valence-electron chi connectivity index (χ1n) is 9.93. The van der Waals surface area contributed by atoms with E-state index in [2.05, 4.69) is 5.10 Å². The third-order valence-electron chi connectivity index (χ3n) is 5.33. The number of hydrogen-bond acceptors (Lipinski definition) is 7. The summed E-state index contributed by atoms with van der Waals surface area (Å²) in [6.07, 6.45) is 1.72. The van der Waals surface area contributed by atoms with Gasteiger partial charge in [-0.05, 0) is 36.8 Å². The van der Waals surface area contributed by atoms with Crippen molar-refractivity contribution in [3.8, 4) is 51.1 Å². The van der Waals surface area contributed by atoms with Gasteiger partial charge in [0.1, 0.15) is 0 Å². The predicted octanol–water partition coefficient (Wildman–Crippen LogP) is 4.41. The zero-order chi connectivity index (χ0) is 22.8. The first kappa shape index (κ1) is 21.3. The standard InChI is InChI=1S/C24H25N3O5/c1-14-22(15-7-8-17(28-2)18(11-15)29-3)23(27-21(26-14)9-10-25-27)16-12-19(30-4)24(32-6)20(13-16)31-5/h7-13H,1-6H3. The minimum absolute atomic E-state index is 0.522. The summed E-state index contributed by atoms with van der Waals surface area (Å²) in [5, 5.41) is 4.54. The van der Waals surface area contributed by atoms with Gasteiger partial charge in [-0.1, -0.05) is 6.07 Å². The second-order valence-corrected chi connectivity index (χ2v) is 7.01. The number of benzene rings is 2. The summed E-state index contributed by atoms with van der Waals surface area (Å²) in [6.45, 7) is 1.97. The first-order valence-corrected chi connectivity index (χ1v) is 9.93. The van der Waals surface area contributed by atoms with Gasteiger partial charge in [-0.2, -0.15) is 5.10 Å². The molecule has 4 rings (SSSR count). The molecule has 0 amide bonds. The molecule has 0 saturated carbocycles. The Morgan fingerprint density at radius 3 is 1.91 bits per heavy atom. The summed E-state index contributed by atoms with van der Waals surface area (Å²) >= 11 is 0. The maximum atomic E-state index is 5.59. The van der Waals surface area contributed by atoms with E-state index in [1.807, 2.05) is 43.3 Å². The third kappa shape index (κ3) is 3.43. The molecule has 0 bridgehead atoms. The Hall–Kier alpha value is -3.94. The van der Waals surface area contributed by atoms with Gasteiger partial charge in [0.25, 0.3) is 0 Å². The smallest absolute Gasteiger partial charge is 0.203 e. The molecule has 32 heavy (non-hydrogen) atoms. The van der Waals surface area contributed by atoms with Gasteiger partial charge in [0.2, 0.25) is 5.75 Å². The fourth-order valence-electron chi connectivity index (χ4n) is 3.88. The Balaban J connectivity index is 2.08. The van der Waals surface area contributed by atoms with E-state index in [1.165, 1.54) is 0 Å². The Bertz CT molecular complexity index is 1260. The topological polar surface area (TPSA) is 76.3 Å². The Morgan fingerprint density at radius 2 is 1.31 bits per heavy atom. The van der Waals surface area contributed by atoms with Gasteiger partial charge in [-0.15, -0.1) is 0 Å². The molecule has 0 atom stereocenters. The van der Waals surface area contributed by atoms with Crippen LogP contribution in [0.2, 0.25) is 0 Å². The molecule has 0 unspecified atom stereocenters. The quantitative estimate of drug-likeness (QED) is 0.425. The lowest BCUT2D eigenvalue weighted by Crippen LogP contribution is -2.04. The highest BCUT2D eigenvalue weighted by Crippen LogP contribution is 2.44. The first-order chi connectivity index (χ1) is 15.6. The predicted molar refractivity (Wildman–Crippen MR) is 121 cm³/mol. The van der Waals surface area contributed by atoms with Crippen LogP contribution in [0.4, 0.5) is 0 Å². The van der Waals surface area contributed by atoms with Gasteiger partial charge < -0.3 is 23.7 Å². The highest BCUT2D eigenvalue weighted by atomic mass is 16.5. The zero-order valence-corrected chi connectivity index (χ0v) is 18.9. The van der Waals surface area contributed by atoms with Crippen molar-refractivity contribution in [3.63, 3.8) is 0 Å². The maximum Gasteiger partial charge on any atom is 0.203 e. The lowest BCUT2D eigenvalue weighted by atomic mass is 9.96. The van der Waals surface area contributed by atoms with Crippen molar-refractivity contribution >= 4 is 5.65 Å². The molecule has 0 saturated heterocycles. The molecule has 0 fully saturated rings. The van der Waals surface area contributed by atoms with Crippen LogP contribution in [-0.4, -0.2) is 50.1 Å². The molecule has 0 aliphatic carbocycles. The molecule has 0 radical (unpaired) electrons. The molecule has 0 spiro atoms. The molecule has 0 aliphatic heterocycles. The Kier molecular flexibility index (Phi) is 5.77. The van der Waals surface area contributed by atoms with Gasteiger partial charge in [0, 0.05) is 22.9 Å². The van der Waals surface area contributed by atoms with E-state index in [0.717, 1.165) is 33.7 Å². The highest BCUT2D eigenvalue weighted by molar-refractivity contribution is 5.86. The van der Waals surface area contributed by atoms with Crippen molar-refractivity contribution in [1.29, 1.82) is 0 Å². The van der Waals surface area contributed by atoms with E-state index < -0.39 is 0 Å². The molecule has 166 valence electrons. The molecule has 4 aromatic rings. The normalized spacial score (nSPS) is 10.8. The number of ether oxygens (including phenoxy) is 5. The minimum Gasteiger partial charge on any atom is -0.493 e. The average Bonchev–Trinajstić information content (AvgIpc) is 3.29. The molecular weight excluding hydrogens is 410 g/mol. The lowest BCUT2D eigenvalue weighted by molar-refractivity contribution is 0.324. The monoisotopic (exact) mass is 435 g/mol. The molecule has 2 aromatic heterocycles. The highest BCUT2D eigenvalue weighted by Gasteiger charge is 2.22. The van der Waals surface area contributed by atoms with Crippen LogP contribution >= 0.6 is 0 Å². The number of methoxy groups -OCH3 is 5. The molecule has 8 nitrogen and oxygen atoms in total. The average molecular weight is 435 g/mol. The van der Waals surface area contributed by atoms with Crippen LogP contribution in [0.15, 0.2) is 42.6 Å². The van der Waals surface area contributed by atoms with Crippen molar-refractivity contribution in [1.82, 2.24) is 14.6 Å². The van der Waals surface area contributed by atoms with Crippen LogP contribution in [-0.2, 0) is 0 Å². The van der Waals surface area contributed by atoms with Crippen molar-refractivity contribution in [3.05, 3.63) is 48.3 Å². The van der Waals surface area contributed by atoms with Crippen molar-refractivity contribution < 1.29 is 23.7 Å². The molecule has 0 N–H and O–H groups in total. The van der Waals surface area contributed by atoms with E-state index in [0.29, 0.717) is 28.7 Å². The molecule has 0 aliphatic rings. The van der Waals surface area contributed by atoms with Crippen molar-refractivity contribution in [2.45, 2.75) is 6.92 Å². The zero-order valence-electron chi connectivity index (χ0n) is 18.9. The Labute approximate surface area is 186 Å². The van der Waals surface area contributed by atoms with Gasteiger partial charge in [-0.25, -0.2) is 9.50 Å². The summed E-state index contributed by atoms with van der Waals surface area (Å²) in [4.78, 5) is 4.76. The summed E-state index contributed by atoms with van der Waals surface area (Å²) in [6, 6.07) is 11.5. The molecular formula is C24H25N3O5. The SMILES string of the molecule is COc1ccc(-c2c(C)nc3ccnn3c2-c2cc(OC)c(OC)c(OC)c2)cc1OC. The van der Waals surface area contributed by atoms with E-state index in [1.54, 1.807) is 46.3 Å². The van der Waals surface area contributed by atoms with E-state index in [4.69, 9.17) is 28.7 Å². The van der Waals surface area contributed by atoms with E-state index >= 15 is 0 Å². The second kappa shape index (κ2) is 8.66. The van der Waals surface area contributed by atoms with Crippen LogP contribution in [0.3, 0.4) is 0 Å². The minimum atomic E-state index is 0.522. The van der Waals surface area contributed by atoms with Crippen LogP contribution < -0.4 is 23.7 Å². The van der Waals surface area contributed by atoms with Gasteiger partial charge in [0.15, 0.2) is 28.6 Å². The van der Waals surface area contributed by atoms with Gasteiger partial charge >= 0.3 is 0 Å². The van der Waals surface area contributed by atoms with E-state index in [-0.39, 0.29) is 0 Å². The second-order valence-electron chi connectivity index (χ2n) is 7.01. The largest absolute Gasteiger partial charge is 0.493 e. The third-order valence-corrected chi connectivity index (χ3v) is 5.33. The summed E-state index contributed by atoms with van der Waals surface area (Å²) < 4.78 is 29.4. The summed E-state index contributed by atoms with van der Waals surface area (Å²) in [5.41, 5.74) is 5.06. The van der Waals surface area contributed by atoms with Crippen molar-refractivity contribution in [2.75, 3.05) is 35.5 Å². The number of aryl methyl sites for hydroxylation is 1. The summed E-state index contributed by atoms with van der Waals surface area (Å²) in [7, 11) is 8.00. The maximum absolute atomic E-state index is 5.59. The summed E-state index contributed by atoms with van der Waals surface area (Å²) in [5.74, 6) is 2.90. The Morgan fingerprint density at radius 1 is 0.688 bits per heavy atom. The van der Waals surface area contributed by atoms with E-state index in [9.17, 15) is 0 Å². The van der Waals surface area contributed by atoms with Crippen molar-refractivity contribution in [2.24, 2.45) is 0 Å². The van der Waals surface area contributed by atoms with Crippen LogP contribution in [0.1, 0.15) is 5.69 Å².